The highest BCUT2D eigenvalue weighted by atomic mass is 19.1. The molecule has 3 amide bonds. The number of esters is 1. The summed E-state index contributed by atoms with van der Waals surface area (Å²) in [4.78, 5) is 65.0. The number of aldehydes is 1. The first-order valence-corrected chi connectivity index (χ1v) is 13.6. The van der Waals surface area contributed by atoms with Gasteiger partial charge >= 0.3 is 18.0 Å². The molecule has 0 radical (unpaired) electrons. The van der Waals surface area contributed by atoms with Crippen LogP contribution in [0.3, 0.4) is 0 Å². The number of benzene rings is 2. The third-order valence-corrected chi connectivity index (χ3v) is 6.72. The number of ether oxygens (including phenoxy) is 1. The van der Waals surface area contributed by atoms with Gasteiger partial charge in [0.1, 0.15) is 23.7 Å². The van der Waals surface area contributed by atoms with E-state index in [1.54, 1.807) is 26.8 Å². The van der Waals surface area contributed by atoms with Crippen LogP contribution in [0.5, 0.6) is 0 Å². The molecule has 3 rings (SSSR count). The number of nitrogens with zero attached hydrogens (tertiary/aromatic N) is 1. The fraction of sp³-hybridized carbons (Fsp3) is 0.433. The zero-order valence-electron chi connectivity index (χ0n) is 24.3. The number of aromatic carboxylic acids is 1. The van der Waals surface area contributed by atoms with Crippen molar-refractivity contribution in [2.45, 2.75) is 65.1 Å². The van der Waals surface area contributed by atoms with Crippen molar-refractivity contribution < 1.29 is 38.2 Å². The molecule has 11 nitrogen and oxygen atoms in total. The molecule has 2 aromatic carbocycles. The van der Waals surface area contributed by atoms with Crippen LogP contribution in [0.1, 0.15) is 68.6 Å². The molecule has 3 unspecified atom stereocenters. The summed E-state index contributed by atoms with van der Waals surface area (Å²) >= 11 is 0. The molecule has 2 aromatic rings. The van der Waals surface area contributed by atoms with Crippen LogP contribution in [0.25, 0.3) is 0 Å². The second-order valence-electron chi connectivity index (χ2n) is 11.6. The Kier molecular flexibility index (Phi) is 9.92. The molecule has 3 atom stereocenters. The number of carboxylic acid groups (broad SMARTS) is 1. The van der Waals surface area contributed by atoms with Crippen LogP contribution in [-0.4, -0.2) is 53.5 Å². The van der Waals surface area contributed by atoms with Gasteiger partial charge in [-0.15, -0.1) is 0 Å². The second-order valence-corrected chi connectivity index (χ2v) is 11.6. The standard InChI is InChI=1S/C30H37FN4O7/c1-16(2)15-33-26(37)20-14-22(28(40)42-30(3,4)5)35(24(20)18-8-6-7-9-21(18)31)25-19(27(38)39)11-10-17(12-13-36)23(25)34-29(32)41/h6-11,13,16,20,22,24H,12,14-15H2,1-5H3,(H,33,37)(H,38,39)(H3,32,34,41). The minimum Gasteiger partial charge on any atom is -0.478 e. The highest BCUT2D eigenvalue weighted by Crippen LogP contribution is 2.49. The Bertz CT molecular complexity index is 1370. The van der Waals surface area contributed by atoms with E-state index in [-0.39, 0.29) is 46.8 Å². The van der Waals surface area contributed by atoms with Crippen molar-refractivity contribution in [3.05, 3.63) is 58.9 Å². The molecule has 0 saturated carbocycles. The van der Waals surface area contributed by atoms with E-state index in [0.29, 0.717) is 12.8 Å². The maximum absolute atomic E-state index is 15.5. The third kappa shape index (κ3) is 7.23. The molecule has 5 N–H and O–H groups in total. The van der Waals surface area contributed by atoms with Gasteiger partial charge in [-0.25, -0.2) is 18.8 Å². The van der Waals surface area contributed by atoms with Gasteiger partial charge < -0.3 is 35.9 Å². The maximum Gasteiger partial charge on any atom is 0.337 e. The third-order valence-electron chi connectivity index (χ3n) is 6.72. The molecule has 1 aliphatic rings. The largest absolute Gasteiger partial charge is 0.478 e. The Balaban J connectivity index is 2.42. The van der Waals surface area contributed by atoms with Crippen molar-refractivity contribution in [2.24, 2.45) is 17.6 Å². The van der Waals surface area contributed by atoms with Gasteiger partial charge in [0.25, 0.3) is 0 Å². The SMILES string of the molecule is CC(C)CNC(=O)C1CC(C(=O)OC(C)(C)C)N(c2c(C(=O)O)ccc(CC=O)c2NC(N)=O)C1c1ccccc1F. The summed E-state index contributed by atoms with van der Waals surface area (Å²) in [6, 6.07) is 4.66. The molecule has 0 spiro atoms. The zero-order chi connectivity index (χ0) is 31.4. The van der Waals surface area contributed by atoms with Gasteiger partial charge in [0, 0.05) is 18.5 Å². The van der Waals surface area contributed by atoms with Gasteiger partial charge in [0.2, 0.25) is 5.91 Å². The molecular weight excluding hydrogens is 547 g/mol. The first-order chi connectivity index (χ1) is 19.7. The molecule has 1 saturated heterocycles. The number of nitrogens with one attached hydrogen (secondary N) is 2. The average Bonchev–Trinajstić information content (AvgIpc) is 3.27. The second kappa shape index (κ2) is 13.0. The lowest BCUT2D eigenvalue weighted by molar-refractivity contribution is -0.156. The van der Waals surface area contributed by atoms with Crippen molar-refractivity contribution in [2.75, 3.05) is 16.8 Å². The summed E-state index contributed by atoms with van der Waals surface area (Å²) in [5, 5.41) is 15.5. The van der Waals surface area contributed by atoms with Crippen molar-refractivity contribution in [3.8, 4) is 0 Å². The molecule has 0 bridgehead atoms. The molecule has 1 fully saturated rings. The van der Waals surface area contributed by atoms with E-state index < -0.39 is 53.3 Å². The van der Waals surface area contributed by atoms with Crippen molar-refractivity contribution in [3.63, 3.8) is 0 Å². The molecule has 0 aromatic heterocycles. The fourth-order valence-corrected chi connectivity index (χ4v) is 5.11. The van der Waals surface area contributed by atoms with Gasteiger partial charge in [-0.1, -0.05) is 38.1 Å². The van der Waals surface area contributed by atoms with Crippen LogP contribution in [0, 0.1) is 17.7 Å². The molecule has 0 aliphatic carbocycles. The normalized spacial score (nSPS) is 18.5. The van der Waals surface area contributed by atoms with E-state index in [2.05, 4.69) is 10.6 Å². The van der Waals surface area contributed by atoms with E-state index in [9.17, 15) is 29.1 Å². The highest BCUT2D eigenvalue weighted by molar-refractivity contribution is 6.05. The zero-order valence-corrected chi connectivity index (χ0v) is 24.3. The lowest BCUT2D eigenvalue weighted by atomic mass is 9.91. The van der Waals surface area contributed by atoms with Gasteiger partial charge in [0.05, 0.1) is 28.9 Å². The minimum atomic E-state index is -1.43. The van der Waals surface area contributed by atoms with E-state index in [1.807, 2.05) is 13.8 Å². The molecule has 1 aliphatic heterocycles. The number of hydrogen-bond donors (Lipinski definition) is 4. The summed E-state index contributed by atoms with van der Waals surface area (Å²) in [6.45, 7) is 9.06. The monoisotopic (exact) mass is 584 g/mol. The number of carboxylic acids is 1. The number of hydrogen-bond acceptors (Lipinski definition) is 7. The lowest BCUT2D eigenvalue weighted by Gasteiger charge is -2.36. The van der Waals surface area contributed by atoms with Crippen LogP contribution >= 0.6 is 0 Å². The number of carbonyl (C=O) groups is 5. The van der Waals surface area contributed by atoms with Crippen LogP contribution in [0.4, 0.5) is 20.6 Å². The Hall–Kier alpha value is -4.48. The summed E-state index contributed by atoms with van der Waals surface area (Å²) in [7, 11) is 0. The predicted octanol–water partition coefficient (Wildman–Crippen LogP) is 3.81. The Labute approximate surface area is 243 Å². The van der Waals surface area contributed by atoms with Crippen LogP contribution < -0.4 is 21.3 Å². The molecule has 42 heavy (non-hydrogen) atoms. The van der Waals surface area contributed by atoms with Crippen LogP contribution in [0.2, 0.25) is 0 Å². The predicted molar refractivity (Wildman–Crippen MR) is 154 cm³/mol. The Morgan fingerprint density at radius 2 is 1.83 bits per heavy atom. The maximum atomic E-state index is 15.5. The van der Waals surface area contributed by atoms with Crippen LogP contribution in [-0.2, 0) is 25.5 Å². The molecular formula is C30H37FN4O7. The van der Waals surface area contributed by atoms with E-state index in [1.165, 1.54) is 35.2 Å². The smallest absolute Gasteiger partial charge is 0.337 e. The Morgan fingerprint density at radius 1 is 1.17 bits per heavy atom. The number of nitrogens with two attached hydrogens (primary N) is 1. The highest BCUT2D eigenvalue weighted by Gasteiger charge is 2.52. The number of amides is 3. The van der Waals surface area contributed by atoms with Gasteiger partial charge in [-0.05, 0) is 50.8 Å². The van der Waals surface area contributed by atoms with Crippen LogP contribution in [0.15, 0.2) is 36.4 Å². The summed E-state index contributed by atoms with van der Waals surface area (Å²) < 4.78 is 21.2. The van der Waals surface area contributed by atoms with E-state index in [4.69, 9.17) is 10.5 Å². The number of urea groups is 1. The van der Waals surface area contributed by atoms with Crippen molar-refractivity contribution in [1.29, 1.82) is 0 Å². The number of anilines is 2. The number of halogens is 1. The summed E-state index contributed by atoms with van der Waals surface area (Å²) in [6.07, 6.45) is 0.151. The van der Waals surface area contributed by atoms with Crippen molar-refractivity contribution >= 4 is 41.5 Å². The van der Waals surface area contributed by atoms with E-state index >= 15 is 4.39 Å². The fourth-order valence-electron chi connectivity index (χ4n) is 5.11. The Morgan fingerprint density at radius 3 is 2.38 bits per heavy atom. The first-order valence-electron chi connectivity index (χ1n) is 13.6. The number of primary amides is 1. The van der Waals surface area contributed by atoms with Crippen molar-refractivity contribution in [1.82, 2.24) is 5.32 Å². The summed E-state index contributed by atoms with van der Waals surface area (Å²) in [5.74, 6) is -4.34. The topological polar surface area (TPSA) is 168 Å². The van der Waals surface area contributed by atoms with Gasteiger partial charge in [0.15, 0.2) is 0 Å². The molecule has 226 valence electrons. The quantitative estimate of drug-likeness (QED) is 0.242. The molecule has 1 heterocycles. The number of carbonyl (C=O) groups excluding carboxylic acids is 4. The van der Waals surface area contributed by atoms with Gasteiger partial charge in [-0.2, -0.15) is 0 Å². The minimum absolute atomic E-state index is 0.0235. The average molecular weight is 585 g/mol. The number of rotatable bonds is 10. The summed E-state index contributed by atoms with van der Waals surface area (Å²) in [5.41, 5.74) is 4.00. The lowest BCUT2D eigenvalue weighted by Crippen LogP contribution is -2.43. The molecule has 12 heteroatoms. The van der Waals surface area contributed by atoms with E-state index in [0.717, 1.165) is 0 Å². The first kappa shape index (κ1) is 32.0. The van der Waals surface area contributed by atoms with Gasteiger partial charge in [-0.3, -0.25) is 4.79 Å².